The van der Waals surface area contributed by atoms with Crippen LogP contribution in [0.4, 0.5) is 17.1 Å². The Morgan fingerprint density at radius 1 is 1.24 bits per heavy atom. The van der Waals surface area contributed by atoms with Gasteiger partial charge in [-0.15, -0.1) is 0 Å². The number of amides is 1. The van der Waals surface area contributed by atoms with Crippen LogP contribution in [-0.2, 0) is 14.8 Å². The molecule has 2 aromatic carbocycles. The Bertz CT molecular complexity index is 1080. The van der Waals surface area contributed by atoms with Gasteiger partial charge in [0.1, 0.15) is 5.71 Å². The lowest BCUT2D eigenvalue weighted by molar-refractivity contribution is -0.114. The lowest BCUT2D eigenvalue weighted by Crippen LogP contribution is -2.30. The molecule has 2 aromatic rings. The molecule has 0 saturated heterocycles. The van der Waals surface area contributed by atoms with Crippen LogP contribution in [0.2, 0.25) is 5.02 Å². The predicted molar refractivity (Wildman–Crippen MR) is 118 cm³/mol. The molecule has 1 fully saturated rings. The van der Waals surface area contributed by atoms with E-state index in [1.807, 2.05) is 0 Å². The van der Waals surface area contributed by atoms with E-state index in [1.165, 1.54) is 18.4 Å². The summed E-state index contributed by atoms with van der Waals surface area (Å²) < 4.78 is 25.4. The van der Waals surface area contributed by atoms with E-state index < -0.39 is 15.9 Å². The molecule has 0 heterocycles. The smallest absolute Gasteiger partial charge is 0.270 e. The number of halogens is 1. The molecule has 1 aliphatic rings. The van der Waals surface area contributed by atoms with Crippen LogP contribution in [0.25, 0.3) is 0 Å². The Kier molecular flexibility index (Phi) is 5.86. The number of rotatable bonds is 6. The summed E-state index contributed by atoms with van der Waals surface area (Å²) in [5.41, 5.74) is 9.08. The summed E-state index contributed by atoms with van der Waals surface area (Å²) in [6.07, 6.45) is 3.06. The number of nitrogens with zero attached hydrogens (tertiary/aromatic N) is 2. The normalized spacial score (nSPS) is 14.6. The summed E-state index contributed by atoms with van der Waals surface area (Å²) in [5, 5.41) is 3.15. The molecular formula is C20H23ClN4O3S. The number of benzene rings is 2. The van der Waals surface area contributed by atoms with E-state index in [-0.39, 0.29) is 17.3 Å². The molecule has 3 N–H and O–H groups in total. The fourth-order valence-corrected chi connectivity index (χ4v) is 3.64. The zero-order valence-electron chi connectivity index (χ0n) is 16.4. The number of nitrogens with one attached hydrogen (secondary N) is 1. The van der Waals surface area contributed by atoms with E-state index in [9.17, 15) is 13.2 Å². The van der Waals surface area contributed by atoms with E-state index in [1.54, 1.807) is 36.4 Å². The Balaban J connectivity index is 2.17. The number of carbonyl (C=O) groups is 1. The maximum Gasteiger partial charge on any atom is 0.270 e. The molecule has 0 radical (unpaired) electrons. The number of hydrogen-bond acceptors (Lipinski definition) is 5. The average Bonchev–Trinajstić information content (AvgIpc) is 3.51. The SMILES string of the molecule is CNC(=O)C(=Nc1ccc(Cl)cc1)c1cc(C2CC2)c(N(C)S(C)(=O)=O)cc1N. The molecule has 0 aliphatic heterocycles. The van der Waals surface area contributed by atoms with Gasteiger partial charge in [-0.3, -0.25) is 9.10 Å². The molecular weight excluding hydrogens is 412 g/mol. The number of nitrogen functional groups attached to an aromatic ring is 1. The van der Waals surface area contributed by atoms with Crippen molar-refractivity contribution >= 4 is 50.3 Å². The zero-order chi connectivity index (χ0) is 21.3. The van der Waals surface area contributed by atoms with E-state index in [0.717, 1.165) is 24.7 Å². The van der Waals surface area contributed by atoms with Crippen molar-refractivity contribution in [3.63, 3.8) is 0 Å². The van der Waals surface area contributed by atoms with Crippen LogP contribution in [0.1, 0.15) is 29.9 Å². The van der Waals surface area contributed by atoms with Gasteiger partial charge in [0.25, 0.3) is 5.91 Å². The summed E-state index contributed by atoms with van der Waals surface area (Å²) in [5.74, 6) is -0.160. The number of nitrogens with two attached hydrogens (primary N) is 1. The summed E-state index contributed by atoms with van der Waals surface area (Å²) in [4.78, 5) is 17.1. The van der Waals surface area contributed by atoms with E-state index in [4.69, 9.17) is 17.3 Å². The van der Waals surface area contributed by atoms with Crippen LogP contribution in [0, 0.1) is 0 Å². The fourth-order valence-electron chi connectivity index (χ4n) is 3.00. The van der Waals surface area contributed by atoms with Crippen LogP contribution in [-0.4, -0.2) is 40.4 Å². The van der Waals surface area contributed by atoms with Crippen molar-refractivity contribution < 1.29 is 13.2 Å². The van der Waals surface area contributed by atoms with Gasteiger partial charge in [0.05, 0.1) is 17.6 Å². The molecule has 0 unspecified atom stereocenters. The highest BCUT2D eigenvalue weighted by molar-refractivity contribution is 7.92. The van der Waals surface area contributed by atoms with Crippen LogP contribution < -0.4 is 15.4 Å². The Morgan fingerprint density at radius 2 is 1.86 bits per heavy atom. The minimum atomic E-state index is -3.45. The summed E-state index contributed by atoms with van der Waals surface area (Å²) in [6, 6.07) is 10.2. The number of likely N-dealkylation sites (N-methyl/N-ethyl adjacent to an activating group) is 1. The van der Waals surface area contributed by atoms with E-state index in [2.05, 4.69) is 10.3 Å². The maximum absolute atomic E-state index is 12.6. The van der Waals surface area contributed by atoms with Gasteiger partial charge in [0.2, 0.25) is 10.0 Å². The number of carbonyl (C=O) groups excluding carboxylic acids is 1. The standard InChI is InChI=1S/C20H23ClN4O3S/c1-23-20(26)19(24-14-8-6-13(21)7-9-14)16-10-15(12-4-5-12)18(11-17(16)22)25(2)29(3,27)28/h6-12H,4-5,22H2,1-3H3,(H,23,26). The second-order valence-electron chi connectivity index (χ2n) is 7.02. The minimum absolute atomic E-state index is 0.155. The molecule has 1 amide bonds. The lowest BCUT2D eigenvalue weighted by atomic mass is 9.99. The molecule has 9 heteroatoms. The highest BCUT2D eigenvalue weighted by atomic mass is 35.5. The van der Waals surface area contributed by atoms with Gasteiger partial charge in [-0.05, 0) is 60.7 Å². The van der Waals surface area contributed by atoms with Gasteiger partial charge >= 0.3 is 0 Å². The quantitative estimate of drug-likeness (QED) is 0.538. The van der Waals surface area contributed by atoms with Crippen molar-refractivity contribution in [2.24, 2.45) is 4.99 Å². The van der Waals surface area contributed by atoms with Crippen molar-refractivity contribution in [2.45, 2.75) is 18.8 Å². The van der Waals surface area contributed by atoms with Crippen molar-refractivity contribution in [3.05, 3.63) is 52.5 Å². The second-order valence-corrected chi connectivity index (χ2v) is 9.47. The van der Waals surface area contributed by atoms with E-state index >= 15 is 0 Å². The molecule has 0 bridgehead atoms. The topological polar surface area (TPSA) is 105 Å². The first kappa shape index (κ1) is 21.1. The first-order valence-electron chi connectivity index (χ1n) is 9.06. The van der Waals surface area contributed by atoms with Gasteiger partial charge in [0, 0.05) is 30.4 Å². The van der Waals surface area contributed by atoms with E-state index in [0.29, 0.717) is 22.0 Å². The largest absolute Gasteiger partial charge is 0.398 e. The highest BCUT2D eigenvalue weighted by Crippen LogP contribution is 2.46. The third-order valence-corrected chi connectivity index (χ3v) is 6.26. The first-order valence-corrected chi connectivity index (χ1v) is 11.3. The number of sulfonamides is 1. The van der Waals surface area contributed by atoms with Crippen molar-refractivity contribution in [3.8, 4) is 0 Å². The van der Waals surface area contributed by atoms with Crippen LogP contribution >= 0.6 is 11.6 Å². The zero-order valence-corrected chi connectivity index (χ0v) is 18.0. The highest BCUT2D eigenvalue weighted by Gasteiger charge is 2.31. The van der Waals surface area contributed by atoms with Gasteiger partial charge in [-0.2, -0.15) is 0 Å². The lowest BCUT2D eigenvalue weighted by Gasteiger charge is -2.22. The third kappa shape index (κ3) is 4.71. The van der Waals surface area contributed by atoms with Crippen LogP contribution in [0.3, 0.4) is 0 Å². The molecule has 1 saturated carbocycles. The molecule has 154 valence electrons. The van der Waals surface area contributed by atoms with Crippen LogP contribution in [0.5, 0.6) is 0 Å². The van der Waals surface area contributed by atoms with Crippen molar-refractivity contribution in [1.82, 2.24) is 5.32 Å². The van der Waals surface area contributed by atoms with Crippen LogP contribution in [0.15, 0.2) is 41.4 Å². The Morgan fingerprint density at radius 3 is 2.38 bits per heavy atom. The third-order valence-electron chi connectivity index (χ3n) is 4.82. The molecule has 0 spiro atoms. The van der Waals surface area contributed by atoms with Crippen molar-refractivity contribution in [1.29, 1.82) is 0 Å². The number of hydrogen-bond donors (Lipinski definition) is 2. The van der Waals surface area contributed by atoms with Gasteiger partial charge in [0.15, 0.2) is 0 Å². The number of aliphatic imine (C=N–C) groups is 1. The summed E-state index contributed by atoms with van der Waals surface area (Å²) >= 11 is 5.93. The predicted octanol–water partition coefficient (Wildman–Crippen LogP) is 3.06. The molecule has 29 heavy (non-hydrogen) atoms. The Hall–Kier alpha value is -2.58. The molecule has 3 rings (SSSR count). The maximum atomic E-state index is 12.6. The average molecular weight is 435 g/mol. The van der Waals surface area contributed by atoms with Gasteiger partial charge < -0.3 is 11.1 Å². The first-order chi connectivity index (χ1) is 13.6. The molecule has 1 aliphatic carbocycles. The summed E-state index contributed by atoms with van der Waals surface area (Å²) in [6.45, 7) is 0. The Labute approximate surface area is 175 Å². The van der Waals surface area contributed by atoms with Gasteiger partial charge in [-0.1, -0.05) is 11.6 Å². The minimum Gasteiger partial charge on any atom is -0.398 e. The molecule has 0 aromatic heterocycles. The molecule has 0 atom stereocenters. The monoisotopic (exact) mass is 434 g/mol. The second kappa shape index (κ2) is 8.04. The number of anilines is 2. The van der Waals surface area contributed by atoms with Crippen molar-refractivity contribution in [2.75, 3.05) is 30.4 Å². The molecule has 7 nitrogen and oxygen atoms in total. The fraction of sp³-hybridized carbons (Fsp3) is 0.300. The van der Waals surface area contributed by atoms with Gasteiger partial charge in [-0.25, -0.2) is 13.4 Å². The summed E-state index contributed by atoms with van der Waals surface area (Å²) in [7, 11) is -0.437.